The van der Waals surface area contributed by atoms with Gasteiger partial charge in [0.15, 0.2) is 12.4 Å². The minimum Gasteiger partial charge on any atom is -0.485 e. The standard InChI is InChI=1S/C20H20N2O3/c1-20(2,3)19(24)22-16-9-7-15(8-10-16)18(23)13-25-17-6-4-5-14(11-17)12-21/h4-11H,13H2,1-3H3,(H,22,24). The van der Waals surface area contributed by atoms with Crippen LogP contribution in [0.4, 0.5) is 5.69 Å². The molecule has 0 radical (unpaired) electrons. The zero-order valence-corrected chi connectivity index (χ0v) is 14.5. The Morgan fingerprint density at radius 1 is 1.12 bits per heavy atom. The van der Waals surface area contributed by atoms with Crippen molar-refractivity contribution in [3.63, 3.8) is 0 Å². The number of ketones is 1. The predicted molar refractivity (Wildman–Crippen MR) is 95.5 cm³/mol. The number of carbonyl (C=O) groups excluding carboxylic acids is 2. The van der Waals surface area contributed by atoms with E-state index in [0.717, 1.165) is 0 Å². The molecule has 5 heteroatoms. The monoisotopic (exact) mass is 336 g/mol. The number of hydrogen-bond donors (Lipinski definition) is 1. The molecular weight excluding hydrogens is 316 g/mol. The van der Waals surface area contributed by atoms with Crippen LogP contribution in [0.3, 0.4) is 0 Å². The molecule has 0 fully saturated rings. The van der Waals surface area contributed by atoms with Crippen LogP contribution in [0.1, 0.15) is 36.7 Å². The quantitative estimate of drug-likeness (QED) is 0.842. The molecule has 0 unspecified atom stereocenters. The summed E-state index contributed by atoms with van der Waals surface area (Å²) in [4.78, 5) is 24.1. The van der Waals surface area contributed by atoms with E-state index in [1.165, 1.54) is 0 Å². The maximum absolute atomic E-state index is 12.2. The molecule has 5 nitrogen and oxygen atoms in total. The summed E-state index contributed by atoms with van der Waals surface area (Å²) < 4.78 is 5.43. The maximum atomic E-state index is 12.2. The van der Waals surface area contributed by atoms with Crippen LogP contribution in [0.2, 0.25) is 0 Å². The summed E-state index contributed by atoms with van der Waals surface area (Å²) in [6, 6.07) is 15.3. The van der Waals surface area contributed by atoms with Gasteiger partial charge in [0.25, 0.3) is 0 Å². The number of nitrogens with zero attached hydrogens (tertiary/aromatic N) is 1. The molecule has 0 aromatic heterocycles. The Morgan fingerprint density at radius 3 is 2.40 bits per heavy atom. The second kappa shape index (κ2) is 7.63. The molecule has 25 heavy (non-hydrogen) atoms. The van der Waals surface area contributed by atoms with E-state index < -0.39 is 5.41 Å². The van der Waals surface area contributed by atoms with Gasteiger partial charge in [0.1, 0.15) is 5.75 Å². The van der Waals surface area contributed by atoms with Crippen LogP contribution in [0.5, 0.6) is 5.75 Å². The molecule has 0 saturated heterocycles. The van der Waals surface area contributed by atoms with Gasteiger partial charge in [-0.1, -0.05) is 26.8 Å². The molecule has 0 saturated carbocycles. The molecule has 0 atom stereocenters. The molecular formula is C20H20N2O3. The lowest BCUT2D eigenvalue weighted by molar-refractivity contribution is -0.123. The molecule has 2 aromatic rings. The second-order valence-electron chi connectivity index (χ2n) is 6.63. The average molecular weight is 336 g/mol. The van der Waals surface area contributed by atoms with E-state index in [1.807, 2.05) is 26.8 Å². The van der Waals surface area contributed by atoms with Gasteiger partial charge in [-0.3, -0.25) is 9.59 Å². The third kappa shape index (κ3) is 5.18. The number of anilines is 1. The minimum absolute atomic E-state index is 0.0905. The van der Waals surface area contributed by atoms with Crippen molar-refractivity contribution >= 4 is 17.4 Å². The van der Waals surface area contributed by atoms with Gasteiger partial charge in [-0.15, -0.1) is 0 Å². The van der Waals surface area contributed by atoms with Crippen molar-refractivity contribution in [2.45, 2.75) is 20.8 Å². The van der Waals surface area contributed by atoms with Crippen LogP contribution in [-0.4, -0.2) is 18.3 Å². The Labute approximate surface area is 147 Å². The second-order valence-corrected chi connectivity index (χ2v) is 6.63. The number of benzene rings is 2. The SMILES string of the molecule is CC(C)(C)C(=O)Nc1ccc(C(=O)COc2cccc(C#N)c2)cc1. The van der Waals surface area contributed by atoms with Crippen LogP contribution in [0, 0.1) is 16.7 Å². The molecule has 1 N–H and O–H groups in total. The first-order chi connectivity index (χ1) is 11.8. The number of ether oxygens (including phenoxy) is 1. The average Bonchev–Trinajstić information content (AvgIpc) is 2.59. The molecule has 0 aliphatic carbocycles. The van der Waals surface area contributed by atoms with Crippen molar-refractivity contribution in [2.24, 2.45) is 5.41 Å². The van der Waals surface area contributed by atoms with Crippen molar-refractivity contribution in [1.29, 1.82) is 5.26 Å². The van der Waals surface area contributed by atoms with E-state index in [-0.39, 0.29) is 18.3 Å². The zero-order chi connectivity index (χ0) is 18.4. The Bertz CT molecular complexity index is 812. The minimum atomic E-state index is -0.486. The number of amides is 1. The Morgan fingerprint density at radius 2 is 1.80 bits per heavy atom. The van der Waals surface area contributed by atoms with E-state index in [0.29, 0.717) is 22.6 Å². The molecule has 128 valence electrons. The number of hydrogen-bond acceptors (Lipinski definition) is 4. The molecule has 0 bridgehead atoms. The van der Waals surface area contributed by atoms with Crippen LogP contribution in [0.15, 0.2) is 48.5 Å². The van der Waals surface area contributed by atoms with Gasteiger partial charge >= 0.3 is 0 Å². The molecule has 2 aromatic carbocycles. The zero-order valence-electron chi connectivity index (χ0n) is 14.5. The highest BCUT2D eigenvalue weighted by Gasteiger charge is 2.21. The van der Waals surface area contributed by atoms with E-state index in [2.05, 4.69) is 5.32 Å². The first kappa shape index (κ1) is 18.2. The third-order valence-corrected chi connectivity index (χ3v) is 3.48. The van der Waals surface area contributed by atoms with Crippen molar-refractivity contribution in [3.8, 4) is 11.8 Å². The largest absolute Gasteiger partial charge is 0.485 e. The van der Waals surface area contributed by atoms with Crippen molar-refractivity contribution in [3.05, 3.63) is 59.7 Å². The fourth-order valence-electron chi connectivity index (χ4n) is 1.95. The van der Waals surface area contributed by atoms with E-state index in [4.69, 9.17) is 10.00 Å². The number of nitriles is 1. The lowest BCUT2D eigenvalue weighted by atomic mass is 9.95. The Balaban J connectivity index is 1.96. The summed E-state index contributed by atoms with van der Waals surface area (Å²) in [5, 5.41) is 11.7. The van der Waals surface area contributed by atoms with E-state index in [9.17, 15) is 9.59 Å². The van der Waals surface area contributed by atoms with Crippen molar-refractivity contribution in [1.82, 2.24) is 0 Å². The summed E-state index contributed by atoms with van der Waals surface area (Å²) in [5.74, 6) is 0.199. The smallest absolute Gasteiger partial charge is 0.229 e. The lowest BCUT2D eigenvalue weighted by Crippen LogP contribution is -2.27. The molecule has 0 heterocycles. The normalized spacial score (nSPS) is 10.6. The van der Waals surface area contributed by atoms with Gasteiger partial charge in [0.05, 0.1) is 11.6 Å². The Kier molecular flexibility index (Phi) is 5.56. The lowest BCUT2D eigenvalue weighted by Gasteiger charge is -2.17. The Hall–Kier alpha value is -3.13. The van der Waals surface area contributed by atoms with Crippen molar-refractivity contribution in [2.75, 3.05) is 11.9 Å². The maximum Gasteiger partial charge on any atom is 0.229 e. The van der Waals surface area contributed by atoms with Gasteiger partial charge in [-0.05, 0) is 42.5 Å². The van der Waals surface area contributed by atoms with Crippen molar-refractivity contribution < 1.29 is 14.3 Å². The van der Waals surface area contributed by atoms with Gasteiger partial charge in [-0.2, -0.15) is 5.26 Å². The third-order valence-electron chi connectivity index (χ3n) is 3.48. The van der Waals surface area contributed by atoms with E-state index >= 15 is 0 Å². The van der Waals surface area contributed by atoms with Gasteiger partial charge < -0.3 is 10.1 Å². The molecule has 0 aliphatic rings. The summed E-state index contributed by atoms with van der Waals surface area (Å²) in [5.41, 5.74) is 1.12. The van der Waals surface area contributed by atoms with Crippen LogP contribution >= 0.6 is 0 Å². The fourth-order valence-corrected chi connectivity index (χ4v) is 1.95. The highest BCUT2D eigenvalue weighted by molar-refractivity contribution is 5.98. The van der Waals surface area contributed by atoms with Gasteiger partial charge in [-0.25, -0.2) is 0 Å². The molecule has 1 amide bonds. The van der Waals surface area contributed by atoms with Crippen LogP contribution in [-0.2, 0) is 4.79 Å². The van der Waals surface area contributed by atoms with Gasteiger partial charge in [0, 0.05) is 16.7 Å². The summed E-state index contributed by atoms with van der Waals surface area (Å²) in [6.45, 7) is 5.37. The first-order valence-electron chi connectivity index (χ1n) is 7.87. The highest BCUT2D eigenvalue weighted by Crippen LogP contribution is 2.18. The van der Waals surface area contributed by atoms with Crippen LogP contribution < -0.4 is 10.1 Å². The number of nitrogens with one attached hydrogen (secondary N) is 1. The number of Topliss-reactive ketones (excluding diaryl/α,β-unsaturated/α-hetero) is 1. The number of rotatable bonds is 5. The van der Waals surface area contributed by atoms with Gasteiger partial charge in [0.2, 0.25) is 5.91 Å². The fraction of sp³-hybridized carbons (Fsp3) is 0.250. The molecule has 2 rings (SSSR count). The summed E-state index contributed by atoms with van der Waals surface area (Å²) in [7, 11) is 0. The topological polar surface area (TPSA) is 79.2 Å². The number of carbonyl (C=O) groups is 2. The summed E-state index contributed by atoms with van der Waals surface area (Å²) in [6.07, 6.45) is 0. The summed E-state index contributed by atoms with van der Waals surface area (Å²) >= 11 is 0. The highest BCUT2D eigenvalue weighted by atomic mass is 16.5. The van der Waals surface area contributed by atoms with Crippen LogP contribution in [0.25, 0.3) is 0 Å². The first-order valence-corrected chi connectivity index (χ1v) is 7.87. The van der Waals surface area contributed by atoms with E-state index in [1.54, 1.807) is 48.5 Å². The molecule has 0 aliphatic heterocycles. The molecule has 0 spiro atoms. The predicted octanol–water partition coefficient (Wildman–Crippen LogP) is 3.80.